The number of nitrogens with zero attached hydrogens (tertiary/aromatic N) is 4. The Kier molecular flexibility index (Phi) is 6.70. The van der Waals surface area contributed by atoms with E-state index in [-0.39, 0.29) is 5.91 Å². The Morgan fingerprint density at radius 3 is 2.77 bits per heavy atom. The molecular formula is C27H26N6O2. The van der Waals surface area contributed by atoms with Crippen LogP contribution in [0.1, 0.15) is 15.9 Å². The number of nitriles is 1. The Hall–Kier alpha value is -4.19. The summed E-state index contributed by atoms with van der Waals surface area (Å²) in [6.07, 6.45) is 1.80. The number of anilines is 2. The third-order valence-corrected chi connectivity index (χ3v) is 6.06. The maximum atomic E-state index is 12.7. The lowest BCUT2D eigenvalue weighted by molar-refractivity contribution is 0.0383. The van der Waals surface area contributed by atoms with Gasteiger partial charge in [-0.15, -0.1) is 0 Å². The maximum absolute atomic E-state index is 12.7. The first-order valence-electron chi connectivity index (χ1n) is 11.6. The van der Waals surface area contributed by atoms with Gasteiger partial charge in [0.05, 0.1) is 41.9 Å². The molecule has 2 N–H and O–H groups in total. The zero-order valence-corrected chi connectivity index (χ0v) is 19.3. The van der Waals surface area contributed by atoms with Gasteiger partial charge in [-0.05, 0) is 48.5 Å². The molecule has 1 amide bonds. The predicted octanol–water partition coefficient (Wildman–Crippen LogP) is 3.70. The number of amides is 1. The minimum atomic E-state index is -0.0979. The summed E-state index contributed by atoms with van der Waals surface area (Å²) < 4.78 is 7.19. The molecule has 0 spiro atoms. The van der Waals surface area contributed by atoms with Crippen molar-refractivity contribution in [2.75, 3.05) is 44.7 Å². The third kappa shape index (κ3) is 5.17. The van der Waals surface area contributed by atoms with E-state index < -0.39 is 0 Å². The van der Waals surface area contributed by atoms with Crippen molar-refractivity contribution < 1.29 is 9.53 Å². The zero-order chi connectivity index (χ0) is 24.0. The van der Waals surface area contributed by atoms with Crippen molar-refractivity contribution >= 4 is 28.2 Å². The lowest BCUT2D eigenvalue weighted by atomic mass is 10.1. The van der Waals surface area contributed by atoms with Crippen LogP contribution in [0, 0.1) is 11.3 Å². The number of carbonyl (C=O) groups is 1. The highest BCUT2D eigenvalue weighted by molar-refractivity contribution is 5.95. The second kappa shape index (κ2) is 10.4. The molecule has 0 saturated carbocycles. The van der Waals surface area contributed by atoms with Crippen molar-refractivity contribution in [3.05, 3.63) is 84.1 Å². The van der Waals surface area contributed by atoms with Crippen LogP contribution in [0.5, 0.6) is 0 Å². The number of morpholine rings is 1. The summed E-state index contributed by atoms with van der Waals surface area (Å²) in [5.41, 5.74) is 4.55. The number of benzene rings is 3. The second-order valence-electron chi connectivity index (χ2n) is 8.37. The Bertz CT molecular complexity index is 1380. The zero-order valence-electron chi connectivity index (χ0n) is 19.3. The van der Waals surface area contributed by atoms with E-state index >= 15 is 0 Å². The van der Waals surface area contributed by atoms with Crippen LogP contribution in [0.2, 0.25) is 0 Å². The Labute approximate surface area is 203 Å². The monoisotopic (exact) mass is 466 g/mol. The number of rotatable bonds is 7. The van der Waals surface area contributed by atoms with Crippen LogP contribution in [0.25, 0.3) is 16.6 Å². The summed E-state index contributed by atoms with van der Waals surface area (Å²) in [5.74, 6) is -0.0979. The van der Waals surface area contributed by atoms with Gasteiger partial charge in [-0.2, -0.15) is 10.4 Å². The molecule has 0 aliphatic carbocycles. The van der Waals surface area contributed by atoms with Gasteiger partial charge in [-0.1, -0.05) is 18.2 Å². The van der Waals surface area contributed by atoms with E-state index in [4.69, 9.17) is 4.74 Å². The molecule has 8 nitrogen and oxygen atoms in total. The van der Waals surface area contributed by atoms with E-state index in [2.05, 4.69) is 26.7 Å². The van der Waals surface area contributed by atoms with Gasteiger partial charge in [-0.25, -0.2) is 4.68 Å². The molecule has 1 saturated heterocycles. The van der Waals surface area contributed by atoms with E-state index in [0.717, 1.165) is 60.8 Å². The summed E-state index contributed by atoms with van der Waals surface area (Å²) in [6.45, 7) is 4.71. The summed E-state index contributed by atoms with van der Waals surface area (Å²) in [4.78, 5) is 15.0. The van der Waals surface area contributed by atoms with Crippen LogP contribution in [-0.4, -0.2) is 60.0 Å². The smallest absolute Gasteiger partial charge is 0.251 e. The highest BCUT2D eigenvalue weighted by Gasteiger charge is 2.13. The van der Waals surface area contributed by atoms with E-state index in [1.54, 1.807) is 12.3 Å². The number of fused-ring (bicyclic) bond motifs is 1. The number of para-hydroxylation sites is 1. The molecule has 2 heterocycles. The summed E-state index contributed by atoms with van der Waals surface area (Å²) >= 11 is 0. The van der Waals surface area contributed by atoms with Gasteiger partial charge in [0.15, 0.2) is 0 Å². The highest BCUT2D eigenvalue weighted by atomic mass is 16.5. The van der Waals surface area contributed by atoms with E-state index in [1.807, 2.05) is 65.3 Å². The van der Waals surface area contributed by atoms with Gasteiger partial charge in [-0.3, -0.25) is 9.69 Å². The minimum Gasteiger partial charge on any atom is -0.379 e. The van der Waals surface area contributed by atoms with Crippen LogP contribution in [-0.2, 0) is 4.74 Å². The fourth-order valence-electron chi connectivity index (χ4n) is 4.19. The van der Waals surface area contributed by atoms with Gasteiger partial charge >= 0.3 is 0 Å². The average molecular weight is 467 g/mol. The lowest BCUT2D eigenvalue weighted by Gasteiger charge is -2.26. The molecule has 0 unspecified atom stereocenters. The number of ether oxygens (including phenoxy) is 1. The molecular weight excluding hydrogens is 440 g/mol. The number of hydrogen-bond donors (Lipinski definition) is 2. The largest absolute Gasteiger partial charge is 0.379 e. The first-order chi connectivity index (χ1) is 17.2. The molecule has 5 rings (SSSR count). The van der Waals surface area contributed by atoms with E-state index in [1.165, 1.54) is 0 Å². The van der Waals surface area contributed by atoms with Crippen molar-refractivity contribution in [2.45, 2.75) is 0 Å². The molecule has 3 aromatic carbocycles. The quantitative estimate of drug-likeness (QED) is 0.431. The molecule has 4 aromatic rings. The number of aromatic nitrogens is 2. The van der Waals surface area contributed by atoms with Crippen molar-refractivity contribution in [1.82, 2.24) is 20.0 Å². The average Bonchev–Trinajstić information content (AvgIpc) is 3.33. The van der Waals surface area contributed by atoms with Gasteiger partial charge in [0, 0.05) is 42.8 Å². The van der Waals surface area contributed by atoms with Gasteiger partial charge < -0.3 is 15.4 Å². The van der Waals surface area contributed by atoms with Gasteiger partial charge in [0.1, 0.15) is 6.07 Å². The molecule has 35 heavy (non-hydrogen) atoms. The fraction of sp³-hybridized carbons (Fsp3) is 0.222. The van der Waals surface area contributed by atoms with E-state index in [9.17, 15) is 10.1 Å². The van der Waals surface area contributed by atoms with Crippen molar-refractivity contribution in [1.29, 1.82) is 5.26 Å². The number of carbonyl (C=O) groups excluding carboxylic acids is 1. The lowest BCUT2D eigenvalue weighted by Crippen LogP contribution is -2.41. The van der Waals surface area contributed by atoms with Crippen molar-refractivity contribution in [3.63, 3.8) is 0 Å². The van der Waals surface area contributed by atoms with Crippen molar-refractivity contribution in [3.8, 4) is 11.8 Å². The third-order valence-electron chi connectivity index (χ3n) is 6.06. The maximum Gasteiger partial charge on any atom is 0.251 e. The Morgan fingerprint density at radius 1 is 1.06 bits per heavy atom. The predicted molar refractivity (Wildman–Crippen MR) is 135 cm³/mol. The highest BCUT2D eigenvalue weighted by Crippen LogP contribution is 2.26. The molecule has 1 fully saturated rings. The normalized spacial score (nSPS) is 13.9. The molecule has 0 radical (unpaired) electrons. The molecule has 8 heteroatoms. The first kappa shape index (κ1) is 22.6. The summed E-state index contributed by atoms with van der Waals surface area (Å²) in [6, 6.07) is 23.0. The molecule has 1 aliphatic heterocycles. The van der Waals surface area contributed by atoms with E-state index in [0.29, 0.717) is 17.7 Å². The van der Waals surface area contributed by atoms with Gasteiger partial charge in [0.25, 0.3) is 5.91 Å². The van der Waals surface area contributed by atoms with Gasteiger partial charge in [0.2, 0.25) is 0 Å². The van der Waals surface area contributed by atoms with Crippen LogP contribution in [0.4, 0.5) is 11.4 Å². The number of nitrogens with one attached hydrogen (secondary N) is 2. The van der Waals surface area contributed by atoms with Crippen LogP contribution < -0.4 is 10.6 Å². The molecule has 0 atom stereocenters. The molecule has 0 bridgehead atoms. The minimum absolute atomic E-state index is 0.0979. The standard InChI is InChI=1S/C27H26N6O2/c28-18-21-4-1-2-7-25(21)31-23-8-9-26-22(16-23)19-30-33(26)24-6-3-5-20(17-24)27(34)29-10-11-32-12-14-35-15-13-32/h1-9,16-17,19,31H,10-15H2,(H,29,34). The van der Waals surface area contributed by atoms with Crippen LogP contribution in [0.15, 0.2) is 72.9 Å². The Morgan fingerprint density at radius 2 is 1.91 bits per heavy atom. The summed E-state index contributed by atoms with van der Waals surface area (Å²) in [5, 5.41) is 21.2. The molecule has 176 valence electrons. The summed E-state index contributed by atoms with van der Waals surface area (Å²) in [7, 11) is 0. The topological polar surface area (TPSA) is 95.2 Å². The van der Waals surface area contributed by atoms with Crippen LogP contribution >= 0.6 is 0 Å². The SMILES string of the molecule is N#Cc1ccccc1Nc1ccc2c(cnn2-c2cccc(C(=O)NCCN3CCOCC3)c2)c1. The van der Waals surface area contributed by atoms with Crippen molar-refractivity contribution in [2.24, 2.45) is 0 Å². The molecule has 1 aromatic heterocycles. The first-order valence-corrected chi connectivity index (χ1v) is 11.6. The Balaban J connectivity index is 1.30. The second-order valence-corrected chi connectivity index (χ2v) is 8.37. The molecule has 1 aliphatic rings. The number of hydrogen-bond acceptors (Lipinski definition) is 6. The van der Waals surface area contributed by atoms with Crippen LogP contribution in [0.3, 0.4) is 0 Å². The fourth-order valence-corrected chi connectivity index (χ4v) is 4.19.